The van der Waals surface area contributed by atoms with Crippen LogP contribution in [0.4, 0.5) is 0 Å². The molecule has 22 heavy (non-hydrogen) atoms. The zero-order valence-corrected chi connectivity index (χ0v) is 13.0. The van der Waals surface area contributed by atoms with Crippen LogP contribution in [-0.2, 0) is 6.61 Å². The van der Waals surface area contributed by atoms with Gasteiger partial charge in [-0.2, -0.15) is 0 Å². The molecule has 0 spiro atoms. The highest BCUT2D eigenvalue weighted by molar-refractivity contribution is 5.82. The highest BCUT2D eigenvalue weighted by Gasteiger charge is 2.08. The fourth-order valence-corrected chi connectivity index (χ4v) is 2.45. The van der Waals surface area contributed by atoms with Crippen molar-refractivity contribution >= 4 is 11.0 Å². The molecular formula is C19H18O3. The van der Waals surface area contributed by atoms with E-state index in [1.165, 1.54) is 5.56 Å². The lowest BCUT2D eigenvalue weighted by Gasteiger charge is -2.10. The Bertz CT molecular complexity index is 891. The largest absolute Gasteiger partial charge is 0.489 e. The van der Waals surface area contributed by atoms with Gasteiger partial charge in [-0.15, -0.1) is 0 Å². The normalized spacial score (nSPS) is 10.9. The van der Waals surface area contributed by atoms with E-state index in [-0.39, 0.29) is 5.63 Å². The maximum absolute atomic E-state index is 11.8. The van der Waals surface area contributed by atoms with Crippen molar-refractivity contribution in [2.24, 2.45) is 0 Å². The molecule has 0 amide bonds. The average molecular weight is 294 g/mol. The molecule has 3 nitrogen and oxygen atoms in total. The highest BCUT2D eigenvalue weighted by atomic mass is 16.5. The maximum atomic E-state index is 11.8. The Hall–Kier alpha value is -2.55. The molecule has 0 atom stereocenters. The third kappa shape index (κ3) is 2.62. The van der Waals surface area contributed by atoms with Crippen LogP contribution in [-0.4, -0.2) is 0 Å². The van der Waals surface area contributed by atoms with Crippen molar-refractivity contribution in [2.75, 3.05) is 0 Å². The van der Waals surface area contributed by atoms with Crippen molar-refractivity contribution in [3.63, 3.8) is 0 Å². The number of hydrogen-bond acceptors (Lipinski definition) is 3. The van der Waals surface area contributed by atoms with Crippen LogP contribution in [0, 0.1) is 20.8 Å². The summed E-state index contributed by atoms with van der Waals surface area (Å²) in [6.45, 7) is 6.27. The predicted octanol–water partition coefficient (Wildman–Crippen LogP) is 4.30. The smallest absolute Gasteiger partial charge is 0.339 e. The van der Waals surface area contributed by atoms with E-state index in [1.807, 2.05) is 37.3 Å². The maximum Gasteiger partial charge on any atom is 0.339 e. The first kappa shape index (κ1) is 14.4. The third-order valence-corrected chi connectivity index (χ3v) is 4.08. The Balaban J connectivity index is 1.91. The van der Waals surface area contributed by atoms with Crippen LogP contribution in [0.5, 0.6) is 5.75 Å². The molecule has 0 radical (unpaired) electrons. The lowest BCUT2D eigenvalue weighted by atomic mass is 10.1. The standard InChI is InChI=1S/C19H18O3/c1-12-6-4-5-7-15(12)11-21-16-8-9-17-13(2)14(3)19(20)22-18(17)10-16/h4-10H,11H2,1-3H3. The Morgan fingerprint density at radius 1 is 1.00 bits per heavy atom. The first-order chi connectivity index (χ1) is 10.6. The fourth-order valence-electron chi connectivity index (χ4n) is 2.45. The summed E-state index contributed by atoms with van der Waals surface area (Å²) in [6, 6.07) is 13.7. The molecule has 0 unspecified atom stereocenters. The second kappa shape index (κ2) is 5.68. The van der Waals surface area contributed by atoms with Gasteiger partial charge in [0.15, 0.2) is 0 Å². The number of rotatable bonds is 3. The van der Waals surface area contributed by atoms with Crippen LogP contribution in [0.3, 0.4) is 0 Å². The molecular weight excluding hydrogens is 276 g/mol. The molecule has 0 aliphatic heterocycles. The molecule has 112 valence electrons. The van der Waals surface area contributed by atoms with Crippen LogP contribution in [0.1, 0.15) is 22.3 Å². The second-order valence-corrected chi connectivity index (χ2v) is 5.51. The van der Waals surface area contributed by atoms with E-state index in [9.17, 15) is 4.79 Å². The van der Waals surface area contributed by atoms with Gasteiger partial charge in [0.2, 0.25) is 0 Å². The molecule has 0 aliphatic carbocycles. The number of benzene rings is 2. The monoisotopic (exact) mass is 294 g/mol. The molecule has 0 bridgehead atoms. The van der Waals surface area contributed by atoms with Crippen molar-refractivity contribution in [2.45, 2.75) is 27.4 Å². The number of hydrogen-bond donors (Lipinski definition) is 0. The minimum Gasteiger partial charge on any atom is -0.489 e. The van der Waals surface area contributed by atoms with Gasteiger partial charge in [0.25, 0.3) is 0 Å². The Morgan fingerprint density at radius 3 is 2.55 bits per heavy atom. The van der Waals surface area contributed by atoms with Crippen LogP contribution < -0.4 is 10.4 Å². The molecule has 0 aliphatic rings. The van der Waals surface area contributed by atoms with E-state index in [1.54, 1.807) is 13.0 Å². The fraction of sp³-hybridized carbons (Fsp3) is 0.211. The van der Waals surface area contributed by atoms with Gasteiger partial charge in [0.05, 0.1) is 0 Å². The highest BCUT2D eigenvalue weighted by Crippen LogP contribution is 2.24. The summed E-state index contributed by atoms with van der Waals surface area (Å²) in [5.41, 5.74) is 4.22. The van der Waals surface area contributed by atoms with E-state index in [0.717, 1.165) is 16.5 Å². The quantitative estimate of drug-likeness (QED) is 0.676. The molecule has 1 aromatic heterocycles. The van der Waals surface area contributed by atoms with Crippen molar-refractivity contribution in [3.05, 3.63) is 75.1 Å². The molecule has 3 rings (SSSR count). The van der Waals surface area contributed by atoms with Crippen molar-refractivity contribution in [1.29, 1.82) is 0 Å². The van der Waals surface area contributed by atoms with E-state index in [0.29, 0.717) is 23.5 Å². The molecule has 0 fully saturated rings. The average Bonchev–Trinajstić information content (AvgIpc) is 2.52. The SMILES string of the molecule is Cc1ccccc1COc1ccc2c(C)c(C)c(=O)oc2c1. The molecule has 2 aromatic carbocycles. The van der Waals surface area contributed by atoms with Crippen LogP contribution >= 0.6 is 0 Å². The summed E-state index contributed by atoms with van der Waals surface area (Å²) in [5.74, 6) is 0.696. The van der Waals surface area contributed by atoms with Gasteiger partial charge in [-0.1, -0.05) is 24.3 Å². The Kier molecular flexibility index (Phi) is 3.72. The topological polar surface area (TPSA) is 39.4 Å². The minimum absolute atomic E-state index is 0.291. The second-order valence-electron chi connectivity index (χ2n) is 5.51. The molecule has 0 N–H and O–H groups in total. The number of aryl methyl sites for hydroxylation is 2. The van der Waals surface area contributed by atoms with Crippen molar-refractivity contribution < 1.29 is 9.15 Å². The summed E-state index contributed by atoms with van der Waals surface area (Å²) in [5, 5.41) is 0.945. The summed E-state index contributed by atoms with van der Waals surface area (Å²) in [7, 11) is 0. The summed E-state index contributed by atoms with van der Waals surface area (Å²) >= 11 is 0. The van der Waals surface area contributed by atoms with Crippen LogP contribution in [0.15, 0.2) is 51.7 Å². The van der Waals surface area contributed by atoms with E-state index in [2.05, 4.69) is 13.0 Å². The molecule has 0 saturated carbocycles. The molecule has 0 saturated heterocycles. The number of fused-ring (bicyclic) bond motifs is 1. The van der Waals surface area contributed by atoms with Gasteiger partial charge in [0, 0.05) is 17.0 Å². The van der Waals surface area contributed by atoms with Crippen LogP contribution in [0.25, 0.3) is 11.0 Å². The predicted molar refractivity (Wildman–Crippen MR) is 87.5 cm³/mol. The molecule has 1 heterocycles. The zero-order chi connectivity index (χ0) is 15.7. The Morgan fingerprint density at radius 2 is 1.77 bits per heavy atom. The minimum atomic E-state index is -0.291. The summed E-state index contributed by atoms with van der Waals surface area (Å²) < 4.78 is 11.2. The van der Waals surface area contributed by atoms with Gasteiger partial charge < -0.3 is 9.15 Å². The van der Waals surface area contributed by atoms with E-state index in [4.69, 9.17) is 9.15 Å². The van der Waals surface area contributed by atoms with Crippen LogP contribution in [0.2, 0.25) is 0 Å². The van der Waals surface area contributed by atoms with Gasteiger partial charge >= 0.3 is 5.63 Å². The van der Waals surface area contributed by atoms with Gasteiger partial charge in [-0.05, 0) is 49.6 Å². The molecule has 3 heteroatoms. The first-order valence-corrected chi connectivity index (χ1v) is 7.27. The van der Waals surface area contributed by atoms with E-state index < -0.39 is 0 Å². The first-order valence-electron chi connectivity index (χ1n) is 7.27. The summed E-state index contributed by atoms with van der Waals surface area (Å²) in [4.78, 5) is 11.8. The van der Waals surface area contributed by atoms with E-state index >= 15 is 0 Å². The summed E-state index contributed by atoms with van der Waals surface area (Å²) in [6.07, 6.45) is 0. The van der Waals surface area contributed by atoms with Crippen molar-refractivity contribution in [3.8, 4) is 5.75 Å². The molecule has 3 aromatic rings. The van der Waals surface area contributed by atoms with Gasteiger partial charge in [-0.25, -0.2) is 4.79 Å². The van der Waals surface area contributed by atoms with Gasteiger partial charge in [0.1, 0.15) is 17.9 Å². The third-order valence-electron chi connectivity index (χ3n) is 4.08. The van der Waals surface area contributed by atoms with Gasteiger partial charge in [-0.3, -0.25) is 0 Å². The zero-order valence-electron chi connectivity index (χ0n) is 13.0. The number of ether oxygens (including phenoxy) is 1. The Labute approximate surface area is 129 Å². The lowest BCUT2D eigenvalue weighted by molar-refractivity contribution is 0.305. The van der Waals surface area contributed by atoms with Crippen molar-refractivity contribution in [1.82, 2.24) is 0 Å². The lowest BCUT2D eigenvalue weighted by Crippen LogP contribution is -2.05.